The van der Waals surface area contributed by atoms with Crippen molar-refractivity contribution in [2.45, 2.75) is 19.4 Å². The number of nitrogens with one attached hydrogen (secondary N) is 1. The highest BCUT2D eigenvalue weighted by Crippen LogP contribution is 2.34. The number of amides is 1. The van der Waals surface area contributed by atoms with E-state index in [-0.39, 0.29) is 19.1 Å². The molecule has 1 aliphatic rings. The summed E-state index contributed by atoms with van der Waals surface area (Å²) in [7, 11) is 0. The van der Waals surface area contributed by atoms with Crippen molar-refractivity contribution in [1.29, 1.82) is 0 Å². The van der Waals surface area contributed by atoms with Gasteiger partial charge in [0.2, 0.25) is 12.7 Å². The van der Waals surface area contributed by atoms with Gasteiger partial charge < -0.3 is 19.9 Å². The maximum atomic E-state index is 11.1. The molecule has 6 heteroatoms. The maximum Gasteiger partial charge on any atom is 0.305 e. The molecule has 96 valence electrons. The molecule has 0 bridgehead atoms. The Hall–Kier alpha value is -2.24. The molecule has 2 N–H and O–H groups in total. The predicted octanol–water partition coefficient (Wildman–Crippen LogP) is 1.07. The van der Waals surface area contributed by atoms with Crippen LogP contribution < -0.4 is 14.8 Å². The molecule has 1 unspecified atom stereocenters. The van der Waals surface area contributed by atoms with Crippen LogP contribution in [0.5, 0.6) is 11.5 Å². The Balaban J connectivity index is 2.24. The van der Waals surface area contributed by atoms with Crippen molar-refractivity contribution in [2.24, 2.45) is 0 Å². The number of carboxylic acids is 1. The zero-order valence-electron chi connectivity index (χ0n) is 9.80. The molecule has 0 saturated heterocycles. The van der Waals surface area contributed by atoms with E-state index in [1.54, 1.807) is 18.2 Å². The lowest BCUT2D eigenvalue weighted by Gasteiger charge is -2.16. The van der Waals surface area contributed by atoms with Crippen molar-refractivity contribution in [1.82, 2.24) is 5.32 Å². The van der Waals surface area contributed by atoms with Gasteiger partial charge in [0.25, 0.3) is 0 Å². The van der Waals surface area contributed by atoms with Crippen LogP contribution >= 0.6 is 0 Å². The lowest BCUT2D eigenvalue weighted by Crippen LogP contribution is -2.27. The van der Waals surface area contributed by atoms with Gasteiger partial charge in [-0.05, 0) is 17.7 Å². The van der Waals surface area contributed by atoms with Crippen molar-refractivity contribution in [2.75, 3.05) is 6.79 Å². The van der Waals surface area contributed by atoms with Gasteiger partial charge in [0, 0.05) is 6.92 Å². The summed E-state index contributed by atoms with van der Waals surface area (Å²) in [5.74, 6) is -0.0748. The van der Waals surface area contributed by atoms with Crippen molar-refractivity contribution in [3.05, 3.63) is 23.8 Å². The molecule has 0 spiro atoms. The Kier molecular flexibility index (Phi) is 3.36. The van der Waals surface area contributed by atoms with Crippen LogP contribution in [-0.2, 0) is 9.59 Å². The third-order valence-electron chi connectivity index (χ3n) is 2.56. The number of carboxylic acid groups (broad SMARTS) is 1. The molecule has 1 atom stereocenters. The largest absolute Gasteiger partial charge is 0.481 e. The first kappa shape index (κ1) is 12.2. The van der Waals surface area contributed by atoms with Gasteiger partial charge in [0.15, 0.2) is 11.5 Å². The number of carbonyl (C=O) groups excluding carboxylic acids is 1. The zero-order valence-corrected chi connectivity index (χ0v) is 9.80. The molecule has 0 fully saturated rings. The minimum atomic E-state index is -0.980. The van der Waals surface area contributed by atoms with Crippen LogP contribution in [0.2, 0.25) is 0 Å². The summed E-state index contributed by atoms with van der Waals surface area (Å²) in [4.78, 5) is 21.9. The summed E-state index contributed by atoms with van der Waals surface area (Å²) in [5.41, 5.74) is 0.678. The zero-order chi connectivity index (χ0) is 13.1. The average Bonchev–Trinajstić information content (AvgIpc) is 2.73. The molecule has 0 radical (unpaired) electrons. The highest BCUT2D eigenvalue weighted by molar-refractivity contribution is 5.75. The molecule has 1 amide bonds. The predicted molar refractivity (Wildman–Crippen MR) is 61.4 cm³/mol. The highest BCUT2D eigenvalue weighted by Gasteiger charge is 2.20. The molecule has 0 aromatic heterocycles. The fourth-order valence-electron chi connectivity index (χ4n) is 1.80. The van der Waals surface area contributed by atoms with Crippen LogP contribution in [0, 0.1) is 0 Å². The molecule has 1 aromatic rings. The van der Waals surface area contributed by atoms with Gasteiger partial charge in [-0.1, -0.05) is 6.07 Å². The average molecular weight is 251 g/mol. The van der Waals surface area contributed by atoms with Gasteiger partial charge in [-0.25, -0.2) is 0 Å². The third kappa shape index (κ3) is 2.71. The van der Waals surface area contributed by atoms with Crippen molar-refractivity contribution >= 4 is 11.9 Å². The number of hydrogen-bond acceptors (Lipinski definition) is 4. The van der Waals surface area contributed by atoms with Gasteiger partial charge in [-0.3, -0.25) is 9.59 Å². The summed E-state index contributed by atoms with van der Waals surface area (Å²) >= 11 is 0. The van der Waals surface area contributed by atoms with Crippen molar-refractivity contribution < 1.29 is 24.2 Å². The summed E-state index contributed by atoms with van der Waals surface area (Å²) in [6.07, 6.45) is -0.181. The summed E-state index contributed by atoms with van der Waals surface area (Å²) in [5, 5.41) is 11.4. The highest BCUT2D eigenvalue weighted by atomic mass is 16.7. The number of fused-ring (bicyclic) bond motifs is 1. The van der Waals surface area contributed by atoms with E-state index in [1.807, 2.05) is 0 Å². The van der Waals surface area contributed by atoms with Crippen LogP contribution in [0.1, 0.15) is 24.9 Å². The first-order chi connectivity index (χ1) is 8.56. The Morgan fingerprint density at radius 3 is 2.78 bits per heavy atom. The Morgan fingerprint density at radius 2 is 2.11 bits per heavy atom. The second-order valence-corrected chi connectivity index (χ2v) is 3.96. The number of ether oxygens (including phenoxy) is 2. The maximum absolute atomic E-state index is 11.1. The van der Waals surface area contributed by atoms with Crippen LogP contribution in [0.3, 0.4) is 0 Å². The lowest BCUT2D eigenvalue weighted by molar-refractivity contribution is -0.137. The molecular weight excluding hydrogens is 238 g/mol. The lowest BCUT2D eigenvalue weighted by atomic mass is 10.0. The number of rotatable bonds is 4. The quantitative estimate of drug-likeness (QED) is 0.836. The van der Waals surface area contributed by atoms with Gasteiger partial charge >= 0.3 is 5.97 Å². The minimum absolute atomic E-state index is 0.155. The first-order valence-electron chi connectivity index (χ1n) is 5.44. The molecule has 1 heterocycles. The monoisotopic (exact) mass is 251 g/mol. The summed E-state index contributed by atoms with van der Waals surface area (Å²) in [6, 6.07) is 4.53. The number of aliphatic carboxylic acids is 1. The van der Waals surface area contributed by atoms with E-state index >= 15 is 0 Å². The molecule has 1 aliphatic heterocycles. The molecular formula is C12H13NO5. The molecule has 2 rings (SSSR count). The summed E-state index contributed by atoms with van der Waals surface area (Å²) < 4.78 is 10.4. The normalized spacial score (nSPS) is 14.1. The molecule has 6 nitrogen and oxygen atoms in total. The van der Waals surface area contributed by atoms with Crippen molar-refractivity contribution in [3.63, 3.8) is 0 Å². The minimum Gasteiger partial charge on any atom is -0.481 e. The fourth-order valence-corrected chi connectivity index (χ4v) is 1.80. The van der Waals surface area contributed by atoms with Crippen LogP contribution in [0.25, 0.3) is 0 Å². The molecule has 1 aromatic carbocycles. The number of hydrogen-bond donors (Lipinski definition) is 2. The van der Waals surface area contributed by atoms with E-state index in [1.165, 1.54) is 6.92 Å². The van der Waals surface area contributed by atoms with Crippen LogP contribution in [0.4, 0.5) is 0 Å². The van der Waals surface area contributed by atoms with E-state index < -0.39 is 12.0 Å². The number of carbonyl (C=O) groups is 2. The standard InChI is InChI=1S/C12H13NO5/c1-7(14)13-9(5-12(15)16)8-2-3-10-11(4-8)18-6-17-10/h2-4,9H,5-6H2,1H3,(H,13,14)(H,15,16). The fraction of sp³-hybridized carbons (Fsp3) is 0.333. The molecule has 0 aliphatic carbocycles. The number of benzene rings is 1. The van der Waals surface area contributed by atoms with Crippen LogP contribution in [-0.4, -0.2) is 23.8 Å². The van der Waals surface area contributed by atoms with E-state index in [4.69, 9.17) is 14.6 Å². The first-order valence-corrected chi connectivity index (χ1v) is 5.44. The second-order valence-electron chi connectivity index (χ2n) is 3.96. The van der Waals surface area contributed by atoms with E-state index in [0.29, 0.717) is 17.1 Å². The van der Waals surface area contributed by atoms with E-state index in [2.05, 4.69) is 5.32 Å². The van der Waals surface area contributed by atoms with E-state index in [0.717, 1.165) is 0 Å². The Morgan fingerprint density at radius 1 is 1.39 bits per heavy atom. The topological polar surface area (TPSA) is 84.9 Å². The smallest absolute Gasteiger partial charge is 0.305 e. The second kappa shape index (κ2) is 4.95. The Bertz CT molecular complexity index is 469. The molecule has 0 saturated carbocycles. The summed E-state index contributed by atoms with van der Waals surface area (Å²) in [6.45, 7) is 1.50. The van der Waals surface area contributed by atoms with Gasteiger partial charge in [-0.2, -0.15) is 0 Å². The van der Waals surface area contributed by atoms with Gasteiger partial charge in [0.05, 0.1) is 12.5 Å². The van der Waals surface area contributed by atoms with Crippen LogP contribution in [0.15, 0.2) is 18.2 Å². The van der Waals surface area contributed by atoms with Gasteiger partial charge in [-0.15, -0.1) is 0 Å². The molecule has 18 heavy (non-hydrogen) atoms. The van der Waals surface area contributed by atoms with E-state index in [9.17, 15) is 9.59 Å². The SMILES string of the molecule is CC(=O)NC(CC(=O)O)c1ccc2c(c1)OCO2. The Labute approximate surface area is 104 Å². The van der Waals surface area contributed by atoms with Crippen molar-refractivity contribution in [3.8, 4) is 11.5 Å². The van der Waals surface area contributed by atoms with Gasteiger partial charge in [0.1, 0.15) is 0 Å². The third-order valence-corrected chi connectivity index (χ3v) is 2.56.